The van der Waals surface area contributed by atoms with Crippen molar-refractivity contribution in [1.82, 2.24) is 20.6 Å². The zero-order valence-electron chi connectivity index (χ0n) is 56.0. The SMILES string of the molecule is CC/C=C\C/C=C\C/C=C\C/C=C\C/C=C\CCCC(=O)OCC(C)(C)[C@@H](OC(=O)c1cccnc1)C(=O)NCCC(=O)O.CC/C=C\C/C=C\C/C=C\C/C=C\C/C=C\CCCC(=O)OCC(C)(C)[C@@H](OC(=O)c1cccnc1)C(=O)NCCC(=O)OC(C)(C)C. The Kier molecular flexibility index (Phi) is 44.4. The number of amides is 2. The van der Waals surface area contributed by atoms with Gasteiger partial charge >= 0.3 is 35.8 Å². The van der Waals surface area contributed by atoms with Gasteiger partial charge in [0.25, 0.3) is 11.8 Å². The van der Waals surface area contributed by atoms with Crippen molar-refractivity contribution in [2.75, 3.05) is 26.3 Å². The predicted octanol–water partition coefficient (Wildman–Crippen LogP) is 14.6. The topological polar surface area (TPSA) is 253 Å². The lowest BCUT2D eigenvalue weighted by Gasteiger charge is -2.32. The van der Waals surface area contributed by atoms with E-state index < -0.39 is 76.3 Å². The van der Waals surface area contributed by atoms with Crippen LogP contribution in [-0.2, 0) is 52.5 Å². The number of carbonyl (C=O) groups is 8. The van der Waals surface area contributed by atoms with Gasteiger partial charge in [0.05, 0.1) is 24.0 Å². The maximum absolute atomic E-state index is 13.2. The van der Waals surface area contributed by atoms with Crippen molar-refractivity contribution in [3.63, 3.8) is 0 Å². The number of allylic oxidation sites excluding steroid dienone is 20. The Morgan fingerprint density at radius 3 is 1.09 bits per heavy atom. The van der Waals surface area contributed by atoms with E-state index in [9.17, 15) is 38.4 Å². The quantitative estimate of drug-likeness (QED) is 0.0241. The molecule has 0 unspecified atom stereocenters. The number of pyridine rings is 2. The number of aromatic nitrogens is 2. The highest BCUT2D eigenvalue weighted by molar-refractivity contribution is 5.93. The fourth-order valence-corrected chi connectivity index (χ4v) is 7.91. The molecular weight excluding hydrogens is 1170 g/mol. The number of nitrogens with zero attached hydrogens (tertiary/aromatic N) is 2. The third-order valence-electron chi connectivity index (χ3n) is 12.9. The molecule has 0 spiro atoms. The number of ether oxygens (including phenoxy) is 5. The Morgan fingerprint density at radius 1 is 0.457 bits per heavy atom. The number of rotatable bonds is 44. The first-order chi connectivity index (χ1) is 44.0. The third-order valence-corrected chi connectivity index (χ3v) is 12.9. The highest BCUT2D eigenvalue weighted by Gasteiger charge is 2.41. The maximum Gasteiger partial charge on any atom is 0.340 e. The molecule has 2 rings (SSSR count). The van der Waals surface area contributed by atoms with Gasteiger partial charge in [0.1, 0.15) is 18.8 Å². The van der Waals surface area contributed by atoms with Gasteiger partial charge < -0.3 is 39.4 Å². The summed E-state index contributed by atoms with van der Waals surface area (Å²) < 4.78 is 27.3. The monoisotopic (exact) mass is 1270 g/mol. The van der Waals surface area contributed by atoms with Crippen LogP contribution >= 0.6 is 0 Å². The molecule has 0 saturated carbocycles. The first kappa shape index (κ1) is 81.5. The normalized spacial score (nSPS) is 13.0. The molecule has 0 aliphatic rings. The van der Waals surface area contributed by atoms with Gasteiger partial charge in [-0.25, -0.2) is 9.59 Å². The number of aliphatic carboxylic acids is 1. The van der Waals surface area contributed by atoms with Gasteiger partial charge in [-0.2, -0.15) is 0 Å². The van der Waals surface area contributed by atoms with E-state index in [0.717, 1.165) is 77.0 Å². The molecule has 0 saturated heterocycles. The zero-order valence-corrected chi connectivity index (χ0v) is 56.0. The number of hydrogen-bond donors (Lipinski definition) is 3. The molecule has 2 aromatic heterocycles. The summed E-state index contributed by atoms with van der Waals surface area (Å²) in [5, 5.41) is 14.0. The minimum atomic E-state index is -1.34. The molecule has 3 N–H and O–H groups in total. The van der Waals surface area contributed by atoms with Gasteiger partial charge in [-0.3, -0.25) is 38.7 Å². The molecule has 0 bridgehead atoms. The number of hydrogen-bond acceptors (Lipinski definition) is 15. The Hall–Kier alpha value is -8.54. The lowest BCUT2D eigenvalue weighted by Crippen LogP contribution is -2.49. The van der Waals surface area contributed by atoms with Crippen LogP contribution in [0.2, 0.25) is 0 Å². The molecule has 0 radical (unpaired) electrons. The molecule has 0 aromatic carbocycles. The summed E-state index contributed by atoms with van der Waals surface area (Å²) in [6.45, 7) is 15.7. The molecule has 504 valence electrons. The molecule has 0 aliphatic heterocycles. The number of carboxylic acid groups (broad SMARTS) is 1. The van der Waals surface area contributed by atoms with Gasteiger partial charge in [0.2, 0.25) is 0 Å². The van der Waals surface area contributed by atoms with Crippen molar-refractivity contribution in [3.05, 3.63) is 182 Å². The van der Waals surface area contributed by atoms with E-state index in [1.165, 1.54) is 36.9 Å². The molecule has 0 fully saturated rings. The summed E-state index contributed by atoms with van der Waals surface area (Å²) in [4.78, 5) is 107. The van der Waals surface area contributed by atoms with Crippen LogP contribution in [0.25, 0.3) is 0 Å². The molecule has 2 atom stereocenters. The molecule has 2 aromatic rings. The molecular formula is C74H104N4O14. The van der Waals surface area contributed by atoms with Crippen LogP contribution < -0.4 is 10.6 Å². The number of nitrogens with one attached hydrogen (secondary N) is 2. The maximum atomic E-state index is 13.2. The highest BCUT2D eigenvalue weighted by Crippen LogP contribution is 2.28. The van der Waals surface area contributed by atoms with Crippen molar-refractivity contribution < 1.29 is 67.1 Å². The van der Waals surface area contributed by atoms with E-state index >= 15 is 0 Å². The van der Waals surface area contributed by atoms with E-state index in [-0.39, 0.29) is 63.1 Å². The fraction of sp³-hybridized carbons (Fsp3) is 0.486. The second-order valence-electron chi connectivity index (χ2n) is 23.6. The molecule has 18 heteroatoms. The molecule has 0 aliphatic carbocycles. The Labute approximate surface area is 547 Å². The first-order valence-corrected chi connectivity index (χ1v) is 32.0. The Morgan fingerprint density at radius 2 is 0.783 bits per heavy atom. The lowest BCUT2D eigenvalue weighted by molar-refractivity contribution is -0.156. The van der Waals surface area contributed by atoms with E-state index in [0.29, 0.717) is 12.8 Å². The summed E-state index contributed by atoms with van der Waals surface area (Å²) in [6, 6.07) is 6.17. The second kappa shape index (κ2) is 50.1. The van der Waals surface area contributed by atoms with Crippen molar-refractivity contribution in [2.45, 2.75) is 196 Å². The van der Waals surface area contributed by atoms with E-state index in [4.69, 9.17) is 28.8 Å². The molecule has 92 heavy (non-hydrogen) atoms. The predicted molar refractivity (Wildman–Crippen MR) is 362 cm³/mol. The molecule has 2 heterocycles. The largest absolute Gasteiger partial charge is 0.481 e. The van der Waals surface area contributed by atoms with Crippen LogP contribution in [0.5, 0.6) is 0 Å². The smallest absolute Gasteiger partial charge is 0.340 e. The number of esters is 5. The summed E-state index contributed by atoms with van der Waals surface area (Å²) in [5.74, 6) is -5.18. The van der Waals surface area contributed by atoms with Crippen LogP contribution in [-0.4, -0.2) is 107 Å². The van der Waals surface area contributed by atoms with Crippen LogP contribution in [0.3, 0.4) is 0 Å². The van der Waals surface area contributed by atoms with Crippen LogP contribution in [0.15, 0.2) is 171 Å². The number of carbonyl (C=O) groups excluding carboxylic acids is 7. The van der Waals surface area contributed by atoms with Gasteiger partial charge in [-0.1, -0.05) is 163 Å². The summed E-state index contributed by atoms with van der Waals surface area (Å²) in [5.41, 5.74) is -2.49. The summed E-state index contributed by atoms with van der Waals surface area (Å²) >= 11 is 0. The lowest BCUT2D eigenvalue weighted by atomic mass is 9.86. The minimum absolute atomic E-state index is 0.0135. The van der Waals surface area contributed by atoms with E-state index in [2.05, 4.69) is 144 Å². The van der Waals surface area contributed by atoms with E-state index in [1.807, 2.05) is 12.2 Å². The number of carboxylic acids is 1. The number of unbranched alkanes of at least 4 members (excludes halogenated alkanes) is 2. The van der Waals surface area contributed by atoms with Crippen LogP contribution in [0.4, 0.5) is 0 Å². The van der Waals surface area contributed by atoms with Gasteiger partial charge in [-0.15, -0.1) is 0 Å². The average Bonchev–Trinajstić information content (AvgIpc) is 0.866. The van der Waals surface area contributed by atoms with Crippen LogP contribution in [0, 0.1) is 10.8 Å². The van der Waals surface area contributed by atoms with Crippen molar-refractivity contribution >= 4 is 47.6 Å². The van der Waals surface area contributed by atoms with Crippen LogP contribution in [0.1, 0.15) is 199 Å². The van der Waals surface area contributed by atoms with Gasteiger partial charge in [-0.05, 0) is 135 Å². The zero-order chi connectivity index (χ0) is 68.1. The first-order valence-electron chi connectivity index (χ1n) is 32.0. The van der Waals surface area contributed by atoms with Crippen molar-refractivity contribution in [1.29, 1.82) is 0 Å². The summed E-state index contributed by atoms with van der Waals surface area (Å²) in [6.07, 6.45) is 58.0. The Balaban J connectivity index is 0.000000923. The fourth-order valence-electron chi connectivity index (χ4n) is 7.91. The summed E-state index contributed by atoms with van der Waals surface area (Å²) in [7, 11) is 0. The van der Waals surface area contributed by atoms with Crippen molar-refractivity contribution in [2.24, 2.45) is 10.8 Å². The van der Waals surface area contributed by atoms with Crippen molar-refractivity contribution in [3.8, 4) is 0 Å². The molecule has 18 nitrogen and oxygen atoms in total. The average molecular weight is 1270 g/mol. The highest BCUT2D eigenvalue weighted by atomic mass is 16.6. The third kappa shape index (κ3) is 43.2. The standard InChI is InChI=1S/C39H56N2O7.C35H48N2O7/c1-7-8-9-10-11-12-13-14-15-16-17-18-19-20-21-22-23-26-33(42)46-31-39(5,6)35(47-37(45)32-25-24-28-40-30-32)36(44)41-29-27-34(43)48-38(2,3)4;1-4-5-6-7-8-9-10-11-12-13-14-15-16-17-18-19-20-23-31(40)43-28-35(2,3)32(33(41)37-26-24-30(38)39)44-34(42)29-22-21-25-36-27-29/h8-9,11-12,14-15,17-18,20-21,24-25,28,30,35H,7,10,13,16,19,22-23,26-27,29,31H2,1-6H3,(H,41,44);5-6,8-9,11-12,14-15,17-18,21-22,25,27,32H,4,7,10,13,16,19-20,23-24,26,28H2,1-3H3,(H,37,41)(H,38,39)/b9-8-,12-11-,15-14-,18-17-,21-20-;6-5-,9-8-,12-11-,15-14-,18-17-/t35-;32-/m00/s1. The van der Waals surface area contributed by atoms with Gasteiger partial charge in [0, 0.05) is 61.5 Å². The minimum Gasteiger partial charge on any atom is -0.481 e. The van der Waals surface area contributed by atoms with E-state index in [1.54, 1.807) is 60.6 Å². The molecule has 2 amide bonds. The Bertz CT molecular complexity index is 2780. The van der Waals surface area contributed by atoms with Gasteiger partial charge in [0.15, 0.2) is 12.2 Å². The second-order valence-corrected chi connectivity index (χ2v) is 23.6.